The molecule has 0 N–H and O–H groups in total. The number of carbonyl (C=O) groups is 1. The van der Waals surface area contributed by atoms with Crippen molar-refractivity contribution in [2.45, 2.75) is 26.2 Å². The summed E-state index contributed by atoms with van der Waals surface area (Å²) in [6, 6.07) is 28.1. The number of carboxylic acid groups (broad SMARTS) is 1. The average Bonchev–Trinajstić information content (AvgIpc) is 3.21. The second kappa shape index (κ2) is 9.14. The van der Waals surface area contributed by atoms with Crippen LogP contribution in [0.25, 0.3) is 28.2 Å². The number of rotatable bonds is 3. The van der Waals surface area contributed by atoms with Crippen molar-refractivity contribution in [2.75, 3.05) is 7.05 Å². The first-order chi connectivity index (χ1) is 16.2. The van der Waals surface area contributed by atoms with Crippen LogP contribution >= 0.6 is 0 Å². The number of aromatic nitrogens is 1. The quantitative estimate of drug-likeness (QED) is 0.397. The van der Waals surface area contributed by atoms with Crippen molar-refractivity contribution in [3.63, 3.8) is 0 Å². The molecule has 0 aliphatic carbocycles. The molecule has 0 unspecified atom stereocenters. The molecule has 4 nitrogen and oxygen atoms in total. The Labute approximate surface area is 201 Å². The highest BCUT2D eigenvalue weighted by molar-refractivity contribution is 6.07. The lowest BCUT2D eigenvalue weighted by molar-refractivity contribution is -0.401. The van der Waals surface area contributed by atoms with Gasteiger partial charge in [-0.1, -0.05) is 66.7 Å². The van der Waals surface area contributed by atoms with Gasteiger partial charge in [-0.2, -0.15) is 4.58 Å². The summed E-state index contributed by atoms with van der Waals surface area (Å²) in [4.78, 5) is 8.89. The van der Waals surface area contributed by atoms with Crippen molar-refractivity contribution in [2.24, 2.45) is 7.05 Å². The molecule has 4 aromatic rings. The van der Waals surface area contributed by atoms with Gasteiger partial charge in [0, 0.05) is 47.2 Å². The van der Waals surface area contributed by atoms with Crippen molar-refractivity contribution >= 4 is 34.3 Å². The monoisotopic (exact) mass is 450 g/mol. The van der Waals surface area contributed by atoms with Gasteiger partial charge in [-0.15, -0.1) is 0 Å². The molecule has 5 rings (SSSR count). The second-order valence-corrected chi connectivity index (χ2v) is 9.12. The maximum absolute atomic E-state index is 8.89. The molecule has 0 radical (unpaired) electrons. The Hall–Kier alpha value is -3.92. The normalized spacial score (nSPS) is 14.3. The van der Waals surface area contributed by atoms with Crippen LogP contribution in [0.4, 0.5) is 5.69 Å². The van der Waals surface area contributed by atoms with E-state index in [4.69, 9.17) is 9.90 Å². The number of benzene rings is 3. The number of carboxylic acids is 1. The summed E-state index contributed by atoms with van der Waals surface area (Å²) in [7, 11) is 4.34. The molecule has 1 aromatic heterocycles. The van der Waals surface area contributed by atoms with Crippen LogP contribution in [0, 0.1) is 0 Å². The van der Waals surface area contributed by atoms with Crippen LogP contribution < -0.4 is 5.11 Å². The van der Waals surface area contributed by atoms with Gasteiger partial charge < -0.3 is 14.5 Å². The molecular formula is C30H30N2O2. The zero-order valence-electron chi connectivity index (χ0n) is 20.4. The van der Waals surface area contributed by atoms with Gasteiger partial charge in [0.05, 0.1) is 11.1 Å². The molecule has 3 aromatic carbocycles. The lowest BCUT2D eigenvalue weighted by Crippen LogP contribution is -2.26. The van der Waals surface area contributed by atoms with E-state index < -0.39 is 5.97 Å². The smallest absolute Gasteiger partial charge is 0.209 e. The highest BCUT2D eigenvalue weighted by Gasteiger charge is 2.42. The molecule has 0 saturated heterocycles. The number of hydrogen-bond donors (Lipinski definition) is 0. The number of para-hydroxylation sites is 2. The molecule has 0 bridgehead atoms. The number of carbonyl (C=O) groups excluding carboxylic acids is 1. The second-order valence-electron chi connectivity index (χ2n) is 9.12. The first-order valence-electron chi connectivity index (χ1n) is 11.4. The van der Waals surface area contributed by atoms with Gasteiger partial charge in [0.15, 0.2) is 5.71 Å². The lowest BCUT2D eigenvalue weighted by atomic mass is 9.81. The van der Waals surface area contributed by atoms with E-state index in [1.54, 1.807) is 0 Å². The van der Waals surface area contributed by atoms with Crippen molar-refractivity contribution in [3.05, 3.63) is 96.1 Å². The molecule has 172 valence electrons. The molecule has 4 heteroatoms. The Morgan fingerprint density at radius 1 is 0.912 bits per heavy atom. The third kappa shape index (κ3) is 4.08. The standard InChI is InChI=1S/C28H27N2.C2H4O2/c1-28(2)23-15-9-11-17-25(23)29(3)26(28)19-18-22-21-14-8-10-16-24(21)30(4)27(22)20-12-6-5-7-13-20;1-2(3)4/h5-19H,1-4H3;1H3,(H,3,4)/q+1;/p-1. The predicted molar refractivity (Wildman–Crippen MR) is 138 cm³/mol. The zero-order valence-corrected chi connectivity index (χ0v) is 20.4. The van der Waals surface area contributed by atoms with Gasteiger partial charge >= 0.3 is 0 Å². The Balaban J connectivity index is 0.000000636. The molecule has 0 amide bonds. The number of nitrogens with zero attached hydrogens (tertiary/aromatic N) is 2. The van der Waals surface area contributed by atoms with Gasteiger partial charge in [-0.05, 0) is 38.5 Å². The van der Waals surface area contributed by atoms with E-state index in [2.05, 4.69) is 128 Å². The summed E-state index contributed by atoms with van der Waals surface area (Å²) >= 11 is 0. The number of hydrogen-bond acceptors (Lipinski definition) is 2. The van der Waals surface area contributed by atoms with Crippen LogP contribution in [-0.2, 0) is 17.3 Å². The summed E-state index contributed by atoms with van der Waals surface area (Å²) in [6.07, 6.45) is 4.62. The molecule has 1 aliphatic rings. The van der Waals surface area contributed by atoms with Gasteiger partial charge in [0.1, 0.15) is 7.05 Å². The highest BCUT2D eigenvalue weighted by Crippen LogP contribution is 2.40. The van der Waals surface area contributed by atoms with Crippen LogP contribution in [0.3, 0.4) is 0 Å². The van der Waals surface area contributed by atoms with Crippen LogP contribution in [0.15, 0.2) is 84.9 Å². The van der Waals surface area contributed by atoms with E-state index in [0.29, 0.717) is 0 Å². The maximum Gasteiger partial charge on any atom is 0.209 e. The Bertz CT molecular complexity index is 1420. The van der Waals surface area contributed by atoms with Gasteiger partial charge in [0.25, 0.3) is 0 Å². The first-order valence-corrected chi connectivity index (χ1v) is 11.4. The number of aliphatic carboxylic acids is 1. The van der Waals surface area contributed by atoms with E-state index in [0.717, 1.165) is 6.92 Å². The maximum atomic E-state index is 8.89. The van der Waals surface area contributed by atoms with Crippen molar-refractivity contribution < 1.29 is 14.5 Å². The first kappa shape index (κ1) is 23.2. The molecule has 1 aliphatic heterocycles. The topological polar surface area (TPSA) is 48.1 Å². The SMILES string of the molecule is CC(=O)[O-].Cn1c(-c2ccccc2)c(C=CC2=[N+](C)c3ccccc3C2(C)C)c2ccccc21. The molecule has 0 fully saturated rings. The molecule has 0 atom stereocenters. The van der Waals surface area contributed by atoms with Crippen LogP contribution in [0.1, 0.15) is 31.9 Å². The van der Waals surface area contributed by atoms with E-state index in [9.17, 15) is 0 Å². The van der Waals surface area contributed by atoms with Crippen LogP contribution in [0.2, 0.25) is 0 Å². The number of aryl methyl sites for hydroxylation is 1. The zero-order chi connectivity index (χ0) is 24.5. The Morgan fingerprint density at radius 2 is 1.50 bits per heavy atom. The number of fused-ring (bicyclic) bond motifs is 2. The van der Waals surface area contributed by atoms with Crippen molar-refractivity contribution in [3.8, 4) is 11.3 Å². The fourth-order valence-electron chi connectivity index (χ4n) is 5.00. The Morgan fingerprint density at radius 3 is 2.18 bits per heavy atom. The van der Waals surface area contributed by atoms with E-state index >= 15 is 0 Å². The summed E-state index contributed by atoms with van der Waals surface area (Å²) in [5.41, 5.74) is 8.98. The summed E-state index contributed by atoms with van der Waals surface area (Å²) in [6.45, 7) is 5.60. The van der Waals surface area contributed by atoms with Gasteiger partial charge in [0.2, 0.25) is 5.69 Å². The minimum Gasteiger partial charge on any atom is -0.550 e. The van der Waals surface area contributed by atoms with Gasteiger partial charge in [-0.25, -0.2) is 0 Å². The van der Waals surface area contributed by atoms with Crippen molar-refractivity contribution in [1.29, 1.82) is 0 Å². The minimum atomic E-state index is -1.08. The van der Waals surface area contributed by atoms with E-state index in [-0.39, 0.29) is 5.41 Å². The summed E-state index contributed by atoms with van der Waals surface area (Å²) in [5.74, 6) is -1.08. The highest BCUT2D eigenvalue weighted by atomic mass is 16.4. The molecule has 0 saturated carbocycles. The summed E-state index contributed by atoms with van der Waals surface area (Å²) < 4.78 is 4.65. The third-order valence-electron chi connectivity index (χ3n) is 6.54. The van der Waals surface area contributed by atoms with Crippen molar-refractivity contribution in [1.82, 2.24) is 4.57 Å². The Kier molecular flexibility index (Phi) is 6.25. The van der Waals surface area contributed by atoms with E-state index in [1.807, 2.05) is 0 Å². The predicted octanol–water partition coefficient (Wildman–Crippen LogP) is 5.32. The lowest BCUT2D eigenvalue weighted by Gasteiger charge is -2.15. The number of allylic oxidation sites excluding steroid dienone is 1. The van der Waals surface area contributed by atoms with Crippen LogP contribution in [0.5, 0.6) is 0 Å². The molecule has 0 spiro atoms. The third-order valence-corrected chi connectivity index (χ3v) is 6.54. The fourth-order valence-corrected chi connectivity index (χ4v) is 5.00. The average molecular weight is 451 g/mol. The molecular weight excluding hydrogens is 420 g/mol. The molecule has 34 heavy (non-hydrogen) atoms. The summed E-state index contributed by atoms with van der Waals surface area (Å²) in [5, 5.41) is 10.2. The van der Waals surface area contributed by atoms with Crippen LogP contribution in [-0.4, -0.2) is 27.9 Å². The molecule has 2 heterocycles. The largest absolute Gasteiger partial charge is 0.550 e. The van der Waals surface area contributed by atoms with E-state index in [1.165, 1.54) is 44.7 Å². The fraction of sp³-hybridized carbons (Fsp3) is 0.200. The van der Waals surface area contributed by atoms with Gasteiger partial charge in [-0.3, -0.25) is 0 Å². The minimum absolute atomic E-state index is 0.0284.